The molecule has 29 heavy (non-hydrogen) atoms. The van der Waals surface area contributed by atoms with E-state index in [0.29, 0.717) is 36.9 Å². The molecule has 0 aliphatic heterocycles. The Bertz CT molecular complexity index is 759. The van der Waals surface area contributed by atoms with Crippen LogP contribution in [0.3, 0.4) is 0 Å². The van der Waals surface area contributed by atoms with E-state index in [1.165, 1.54) is 0 Å². The molecule has 2 heterocycles. The number of aliphatic hydroxyl groups excluding tert-OH is 1. The molecule has 0 aromatic carbocycles. The number of hydrogen-bond acceptors (Lipinski definition) is 13. The molecule has 0 spiro atoms. The first kappa shape index (κ1) is 22.1. The number of nitrogen functional groups attached to an aromatic ring is 2. The minimum atomic E-state index is 0.166. The largest absolute Gasteiger partial charge is 0.396 e. The number of unbranched alkanes of at least 4 members (excludes halogenated alkanes) is 2. The van der Waals surface area contributed by atoms with E-state index in [2.05, 4.69) is 45.9 Å². The third-order valence-electron chi connectivity index (χ3n) is 3.93. The topological polar surface area (TPSA) is 189 Å². The molecule has 0 saturated carbocycles. The summed E-state index contributed by atoms with van der Waals surface area (Å²) >= 11 is 0. The van der Waals surface area contributed by atoms with E-state index in [1.54, 1.807) is 7.05 Å². The maximum absolute atomic E-state index is 8.83. The smallest absolute Gasteiger partial charge is 0.231 e. The highest BCUT2D eigenvalue weighted by atomic mass is 16.2. The van der Waals surface area contributed by atoms with Crippen LogP contribution in [0.4, 0.5) is 35.7 Å². The van der Waals surface area contributed by atoms with Crippen molar-refractivity contribution in [1.82, 2.24) is 29.9 Å². The average molecular weight is 406 g/mol. The summed E-state index contributed by atoms with van der Waals surface area (Å²) in [6, 6.07) is 0. The van der Waals surface area contributed by atoms with Crippen molar-refractivity contribution in [2.45, 2.75) is 25.7 Å². The monoisotopic (exact) mass is 406 g/mol. The van der Waals surface area contributed by atoms with Gasteiger partial charge >= 0.3 is 0 Å². The fourth-order valence-electron chi connectivity index (χ4n) is 2.42. The van der Waals surface area contributed by atoms with E-state index in [0.717, 1.165) is 32.2 Å². The second kappa shape index (κ2) is 11.6. The number of hydrogen-bond donors (Lipinski definition) is 6. The van der Waals surface area contributed by atoms with Gasteiger partial charge in [0.15, 0.2) is 0 Å². The number of aliphatic hydroxyl groups is 1. The van der Waals surface area contributed by atoms with Gasteiger partial charge in [0.1, 0.15) is 0 Å². The van der Waals surface area contributed by atoms with Gasteiger partial charge in [-0.25, -0.2) is 0 Å². The molecular weight excluding hydrogens is 376 g/mol. The van der Waals surface area contributed by atoms with Gasteiger partial charge in [-0.05, 0) is 25.7 Å². The van der Waals surface area contributed by atoms with Crippen LogP contribution in [-0.4, -0.2) is 75.3 Å². The summed E-state index contributed by atoms with van der Waals surface area (Å²) in [5.41, 5.74) is 11.4. The highest BCUT2D eigenvalue weighted by molar-refractivity contribution is 5.41. The molecule has 0 aliphatic rings. The molecule has 0 amide bonds. The molecular formula is C16H30N12O. The molecule has 2 aromatic heterocycles. The first-order valence-electron chi connectivity index (χ1n) is 9.52. The lowest BCUT2D eigenvalue weighted by atomic mass is 10.3. The van der Waals surface area contributed by atoms with Crippen molar-refractivity contribution in [2.24, 2.45) is 0 Å². The third kappa shape index (κ3) is 7.73. The van der Waals surface area contributed by atoms with Gasteiger partial charge in [-0.2, -0.15) is 29.9 Å². The molecule has 2 aromatic rings. The van der Waals surface area contributed by atoms with Crippen LogP contribution < -0.4 is 32.3 Å². The molecule has 8 N–H and O–H groups in total. The fourth-order valence-corrected chi connectivity index (χ4v) is 2.42. The number of aromatic nitrogens is 6. The lowest BCUT2D eigenvalue weighted by Gasteiger charge is -2.18. The normalized spacial score (nSPS) is 10.6. The second-order valence-electron chi connectivity index (χ2n) is 6.32. The Kier molecular flexibility index (Phi) is 8.82. The zero-order valence-corrected chi connectivity index (χ0v) is 16.9. The van der Waals surface area contributed by atoms with Crippen molar-refractivity contribution in [3.05, 3.63) is 0 Å². The van der Waals surface area contributed by atoms with E-state index < -0.39 is 0 Å². The minimum Gasteiger partial charge on any atom is -0.396 e. The molecule has 2 rings (SSSR count). The maximum Gasteiger partial charge on any atom is 0.231 e. The third-order valence-corrected chi connectivity index (χ3v) is 3.93. The maximum atomic E-state index is 8.83. The van der Waals surface area contributed by atoms with Gasteiger partial charge in [-0.1, -0.05) is 0 Å². The van der Waals surface area contributed by atoms with Crippen LogP contribution in [0.15, 0.2) is 0 Å². The minimum absolute atomic E-state index is 0.166. The first-order valence-corrected chi connectivity index (χ1v) is 9.52. The lowest BCUT2D eigenvalue weighted by Crippen LogP contribution is -2.23. The molecule has 160 valence electrons. The zero-order valence-electron chi connectivity index (χ0n) is 16.9. The molecule has 13 nitrogen and oxygen atoms in total. The van der Waals surface area contributed by atoms with Gasteiger partial charge in [0.25, 0.3) is 0 Å². The van der Waals surface area contributed by atoms with Crippen LogP contribution in [0.2, 0.25) is 0 Å². The summed E-state index contributed by atoms with van der Waals surface area (Å²) in [5.74, 6) is 2.15. The Hall–Kier alpha value is -3.22. The molecule has 0 fully saturated rings. The van der Waals surface area contributed by atoms with E-state index in [4.69, 9.17) is 16.6 Å². The van der Waals surface area contributed by atoms with Crippen LogP contribution >= 0.6 is 0 Å². The lowest BCUT2D eigenvalue weighted by molar-refractivity contribution is 0.286. The van der Waals surface area contributed by atoms with E-state index >= 15 is 0 Å². The van der Waals surface area contributed by atoms with Gasteiger partial charge in [0.05, 0.1) is 0 Å². The van der Waals surface area contributed by atoms with E-state index in [1.807, 2.05) is 11.9 Å². The quantitative estimate of drug-likeness (QED) is 0.239. The van der Waals surface area contributed by atoms with Crippen molar-refractivity contribution in [2.75, 3.05) is 72.7 Å². The van der Waals surface area contributed by atoms with Crippen LogP contribution in [0, 0.1) is 0 Å². The van der Waals surface area contributed by atoms with Crippen molar-refractivity contribution >= 4 is 35.7 Å². The molecule has 0 aliphatic carbocycles. The Morgan fingerprint density at radius 1 is 0.793 bits per heavy atom. The molecule has 0 radical (unpaired) electrons. The predicted molar refractivity (Wildman–Crippen MR) is 114 cm³/mol. The molecule has 13 heteroatoms. The Morgan fingerprint density at radius 2 is 1.38 bits per heavy atom. The summed E-state index contributed by atoms with van der Waals surface area (Å²) in [6.45, 7) is 2.27. The summed E-state index contributed by atoms with van der Waals surface area (Å²) < 4.78 is 0. The summed E-state index contributed by atoms with van der Waals surface area (Å²) in [6.07, 6.45) is 3.33. The van der Waals surface area contributed by atoms with Gasteiger partial charge < -0.3 is 37.4 Å². The number of nitrogens with one attached hydrogen (secondary N) is 3. The van der Waals surface area contributed by atoms with E-state index in [9.17, 15) is 0 Å². The molecule has 0 unspecified atom stereocenters. The van der Waals surface area contributed by atoms with Crippen LogP contribution in [0.1, 0.15) is 25.7 Å². The van der Waals surface area contributed by atoms with Crippen molar-refractivity contribution in [3.8, 4) is 0 Å². The standard InChI is InChI=1S/C16H30N12O/c1-19-13-22-11(17)23-14(26-13)20-7-3-5-9-28(2)16-25-12(18)24-15(27-16)21-8-4-6-10-29/h29H,3-10H2,1-2H3,(H3,18,21,24,25,27)(H4,17,19,20,22,23,26). The molecule has 0 atom stereocenters. The van der Waals surface area contributed by atoms with Gasteiger partial charge in [-0.15, -0.1) is 0 Å². The van der Waals surface area contributed by atoms with Crippen molar-refractivity contribution < 1.29 is 5.11 Å². The number of rotatable bonds is 13. The summed E-state index contributed by atoms with van der Waals surface area (Å²) in [4.78, 5) is 26.8. The molecule has 0 saturated heterocycles. The number of nitrogens with two attached hydrogens (primary N) is 2. The SMILES string of the molecule is CNc1nc(N)nc(NCCCCN(C)c2nc(N)nc(NCCCCO)n2)n1. The second-order valence-corrected chi connectivity index (χ2v) is 6.32. The van der Waals surface area contributed by atoms with Crippen LogP contribution in [-0.2, 0) is 0 Å². The molecule has 0 bridgehead atoms. The Balaban J connectivity index is 1.76. The highest BCUT2D eigenvalue weighted by Crippen LogP contribution is 2.12. The fraction of sp³-hybridized carbons (Fsp3) is 0.625. The van der Waals surface area contributed by atoms with Gasteiger partial charge in [0.2, 0.25) is 35.7 Å². The van der Waals surface area contributed by atoms with Gasteiger partial charge in [-0.3, -0.25) is 0 Å². The van der Waals surface area contributed by atoms with Crippen molar-refractivity contribution in [3.63, 3.8) is 0 Å². The Labute approximate surface area is 169 Å². The zero-order chi connectivity index (χ0) is 21.1. The van der Waals surface area contributed by atoms with E-state index in [-0.39, 0.29) is 18.5 Å². The Morgan fingerprint density at radius 3 is 2.03 bits per heavy atom. The highest BCUT2D eigenvalue weighted by Gasteiger charge is 2.09. The predicted octanol–water partition coefficient (Wildman–Crippen LogP) is -0.224. The summed E-state index contributed by atoms with van der Waals surface area (Å²) in [7, 11) is 3.63. The first-order chi connectivity index (χ1) is 14.0. The average Bonchev–Trinajstić information content (AvgIpc) is 2.70. The number of nitrogens with zero attached hydrogens (tertiary/aromatic N) is 7. The summed E-state index contributed by atoms with van der Waals surface area (Å²) in [5, 5.41) is 17.9. The number of anilines is 6. The van der Waals surface area contributed by atoms with Crippen LogP contribution in [0.25, 0.3) is 0 Å². The van der Waals surface area contributed by atoms with Crippen LogP contribution in [0.5, 0.6) is 0 Å². The van der Waals surface area contributed by atoms with Gasteiger partial charge in [0, 0.05) is 40.3 Å². The van der Waals surface area contributed by atoms with Crippen molar-refractivity contribution in [1.29, 1.82) is 0 Å².